The van der Waals surface area contributed by atoms with Gasteiger partial charge >= 0.3 is 5.97 Å². The molecule has 0 saturated heterocycles. The first-order valence-electron chi connectivity index (χ1n) is 8.24. The van der Waals surface area contributed by atoms with Crippen LogP contribution in [0, 0.1) is 0 Å². The van der Waals surface area contributed by atoms with Gasteiger partial charge in [-0.3, -0.25) is 4.79 Å². The Labute approximate surface area is 161 Å². The smallest absolute Gasteiger partial charge is 0.357 e. The molecular weight excluding hydrogens is 382 g/mol. The fourth-order valence-corrected chi connectivity index (χ4v) is 2.95. The molecule has 0 bridgehead atoms. The van der Waals surface area contributed by atoms with Crippen molar-refractivity contribution in [2.24, 2.45) is 5.14 Å². The summed E-state index contributed by atoms with van der Waals surface area (Å²) in [4.78, 5) is 28.1. The van der Waals surface area contributed by atoms with Crippen molar-refractivity contribution < 1.29 is 22.7 Å². The van der Waals surface area contributed by atoms with Crippen LogP contribution in [0.15, 0.2) is 65.6 Å². The first kappa shape index (κ1) is 19.5. The molecule has 3 rings (SSSR count). The number of hydrogen-bond acceptors (Lipinski definition) is 6. The summed E-state index contributed by atoms with van der Waals surface area (Å²) in [6.45, 7) is -0.307. The van der Waals surface area contributed by atoms with E-state index in [0.717, 1.165) is 5.39 Å². The lowest BCUT2D eigenvalue weighted by Crippen LogP contribution is -2.28. The van der Waals surface area contributed by atoms with Crippen LogP contribution in [0.1, 0.15) is 16.1 Å². The van der Waals surface area contributed by atoms with E-state index < -0.39 is 28.5 Å². The molecule has 0 radical (unpaired) electrons. The number of nitrogens with zero attached hydrogens (tertiary/aromatic N) is 1. The molecule has 3 N–H and O–H groups in total. The number of rotatable bonds is 6. The average Bonchev–Trinajstić information content (AvgIpc) is 2.69. The number of benzene rings is 2. The summed E-state index contributed by atoms with van der Waals surface area (Å²) >= 11 is 0. The number of esters is 1. The normalized spacial score (nSPS) is 11.2. The Balaban J connectivity index is 1.51. The van der Waals surface area contributed by atoms with Crippen molar-refractivity contribution in [1.29, 1.82) is 0 Å². The molecule has 0 aliphatic heterocycles. The second kappa shape index (κ2) is 8.15. The van der Waals surface area contributed by atoms with E-state index in [1.807, 2.05) is 18.2 Å². The van der Waals surface area contributed by atoms with Crippen molar-refractivity contribution in [3.63, 3.8) is 0 Å². The number of para-hydroxylation sites is 1. The number of pyridine rings is 1. The number of carbonyl (C=O) groups excluding carboxylic acids is 2. The van der Waals surface area contributed by atoms with Gasteiger partial charge < -0.3 is 10.1 Å². The minimum atomic E-state index is -3.76. The monoisotopic (exact) mass is 399 g/mol. The molecule has 9 heteroatoms. The van der Waals surface area contributed by atoms with Crippen LogP contribution in [-0.4, -0.2) is 31.9 Å². The largest absolute Gasteiger partial charge is 0.451 e. The molecule has 0 aliphatic carbocycles. The molecule has 1 heterocycles. The van der Waals surface area contributed by atoms with Gasteiger partial charge in [-0.05, 0) is 29.8 Å². The Kier molecular flexibility index (Phi) is 5.67. The van der Waals surface area contributed by atoms with Crippen LogP contribution in [-0.2, 0) is 26.1 Å². The van der Waals surface area contributed by atoms with Crippen molar-refractivity contribution >= 4 is 32.8 Å². The topological polar surface area (TPSA) is 128 Å². The lowest BCUT2D eigenvalue weighted by molar-refractivity contribution is -0.124. The van der Waals surface area contributed by atoms with E-state index >= 15 is 0 Å². The third kappa shape index (κ3) is 4.90. The van der Waals surface area contributed by atoms with Gasteiger partial charge in [-0.2, -0.15) is 0 Å². The van der Waals surface area contributed by atoms with Crippen molar-refractivity contribution in [1.82, 2.24) is 10.3 Å². The highest BCUT2D eigenvalue weighted by molar-refractivity contribution is 7.89. The molecule has 144 valence electrons. The zero-order valence-corrected chi connectivity index (χ0v) is 15.5. The predicted octanol–water partition coefficient (Wildman–Crippen LogP) is 1.36. The molecule has 2 aromatic carbocycles. The van der Waals surface area contributed by atoms with E-state index in [1.54, 1.807) is 12.1 Å². The Bertz CT molecular complexity index is 1130. The maximum absolute atomic E-state index is 12.1. The standard InChI is InChI=1S/C19H17N3O5S/c20-28(25,26)15-8-5-13(6-9-15)11-21-18(23)12-27-19(24)17-10-7-14-3-1-2-4-16(14)22-17/h1-10H,11-12H2,(H,21,23)(H2,20,25,26). The van der Waals surface area contributed by atoms with E-state index in [-0.39, 0.29) is 17.1 Å². The second-order valence-electron chi connectivity index (χ2n) is 5.93. The van der Waals surface area contributed by atoms with Crippen LogP contribution in [0.5, 0.6) is 0 Å². The number of hydrogen-bond donors (Lipinski definition) is 2. The first-order valence-corrected chi connectivity index (χ1v) is 9.79. The Morgan fingerprint density at radius 2 is 1.71 bits per heavy atom. The summed E-state index contributed by atoms with van der Waals surface area (Å²) in [5.41, 5.74) is 1.44. The van der Waals surface area contributed by atoms with Gasteiger partial charge in [-0.1, -0.05) is 36.4 Å². The number of primary sulfonamides is 1. The maximum Gasteiger partial charge on any atom is 0.357 e. The summed E-state index contributed by atoms with van der Waals surface area (Å²) in [7, 11) is -3.76. The number of amides is 1. The number of nitrogens with two attached hydrogens (primary N) is 1. The van der Waals surface area contributed by atoms with Crippen LogP contribution in [0.4, 0.5) is 0 Å². The van der Waals surface area contributed by atoms with Crippen LogP contribution in [0.2, 0.25) is 0 Å². The molecule has 0 spiro atoms. The van der Waals surface area contributed by atoms with E-state index in [1.165, 1.54) is 30.3 Å². The molecule has 1 aromatic heterocycles. The quantitative estimate of drug-likeness (QED) is 0.602. The number of nitrogens with one attached hydrogen (secondary N) is 1. The van der Waals surface area contributed by atoms with E-state index in [9.17, 15) is 18.0 Å². The Hall–Kier alpha value is -3.30. The minimum absolute atomic E-state index is 0.0145. The van der Waals surface area contributed by atoms with Gasteiger partial charge in [0.1, 0.15) is 5.69 Å². The van der Waals surface area contributed by atoms with Gasteiger partial charge in [-0.25, -0.2) is 23.3 Å². The average molecular weight is 399 g/mol. The summed E-state index contributed by atoms with van der Waals surface area (Å²) < 4.78 is 27.4. The third-order valence-corrected chi connectivity index (χ3v) is 4.81. The second-order valence-corrected chi connectivity index (χ2v) is 7.49. The van der Waals surface area contributed by atoms with E-state index in [2.05, 4.69) is 10.3 Å². The fraction of sp³-hybridized carbons (Fsp3) is 0.105. The number of fused-ring (bicyclic) bond motifs is 1. The Morgan fingerprint density at radius 3 is 2.43 bits per heavy atom. The molecule has 0 atom stereocenters. The molecule has 0 saturated carbocycles. The van der Waals surface area contributed by atoms with Gasteiger partial charge in [0, 0.05) is 11.9 Å². The van der Waals surface area contributed by atoms with Crippen molar-refractivity contribution in [3.05, 3.63) is 71.9 Å². The van der Waals surface area contributed by atoms with E-state index in [4.69, 9.17) is 9.88 Å². The number of carbonyl (C=O) groups is 2. The van der Waals surface area contributed by atoms with E-state index in [0.29, 0.717) is 11.1 Å². The lowest BCUT2D eigenvalue weighted by Gasteiger charge is -2.07. The highest BCUT2D eigenvalue weighted by atomic mass is 32.2. The van der Waals surface area contributed by atoms with Crippen LogP contribution in [0.25, 0.3) is 10.9 Å². The summed E-state index contributed by atoms with van der Waals surface area (Å²) in [5, 5.41) is 8.49. The Morgan fingerprint density at radius 1 is 1.00 bits per heavy atom. The van der Waals surface area contributed by atoms with Crippen molar-refractivity contribution in [3.8, 4) is 0 Å². The highest BCUT2D eigenvalue weighted by Crippen LogP contribution is 2.12. The zero-order chi connectivity index (χ0) is 20.1. The molecule has 8 nitrogen and oxygen atoms in total. The predicted molar refractivity (Wildman–Crippen MR) is 102 cm³/mol. The third-order valence-electron chi connectivity index (χ3n) is 3.88. The lowest BCUT2D eigenvalue weighted by atomic mass is 10.2. The summed E-state index contributed by atoms with van der Waals surface area (Å²) in [6, 6.07) is 16.4. The molecular formula is C19H17N3O5S. The van der Waals surface area contributed by atoms with Crippen molar-refractivity contribution in [2.75, 3.05) is 6.61 Å². The number of sulfonamides is 1. The zero-order valence-electron chi connectivity index (χ0n) is 14.7. The SMILES string of the molecule is NS(=O)(=O)c1ccc(CNC(=O)COC(=O)c2ccc3ccccc3n2)cc1. The highest BCUT2D eigenvalue weighted by Gasteiger charge is 2.12. The van der Waals surface area contributed by atoms with Crippen molar-refractivity contribution in [2.45, 2.75) is 11.4 Å². The first-order chi connectivity index (χ1) is 13.3. The summed E-state index contributed by atoms with van der Waals surface area (Å²) in [5.74, 6) is -1.19. The molecule has 1 amide bonds. The van der Waals surface area contributed by atoms with Crippen LogP contribution < -0.4 is 10.5 Å². The van der Waals surface area contributed by atoms with Crippen LogP contribution >= 0.6 is 0 Å². The molecule has 0 fully saturated rings. The van der Waals surface area contributed by atoms with Crippen LogP contribution in [0.3, 0.4) is 0 Å². The summed E-state index contributed by atoms with van der Waals surface area (Å²) in [6.07, 6.45) is 0. The molecule has 28 heavy (non-hydrogen) atoms. The van der Waals surface area contributed by atoms with Gasteiger partial charge in [0.05, 0.1) is 10.4 Å². The minimum Gasteiger partial charge on any atom is -0.451 e. The fourth-order valence-electron chi connectivity index (χ4n) is 2.43. The van der Waals surface area contributed by atoms with Gasteiger partial charge in [0.25, 0.3) is 5.91 Å². The van der Waals surface area contributed by atoms with Gasteiger partial charge in [0.2, 0.25) is 10.0 Å². The maximum atomic E-state index is 12.1. The molecule has 0 aliphatic rings. The number of ether oxygens (including phenoxy) is 1. The van der Waals surface area contributed by atoms with Gasteiger partial charge in [-0.15, -0.1) is 0 Å². The molecule has 0 unspecified atom stereocenters. The number of aromatic nitrogens is 1. The molecule has 3 aromatic rings. The van der Waals surface area contributed by atoms with Gasteiger partial charge in [0.15, 0.2) is 6.61 Å².